The topological polar surface area (TPSA) is 35.6 Å². The first-order valence-electron chi connectivity index (χ1n) is 7.43. The molecular formula is C14H27N3O. The van der Waals surface area contributed by atoms with Gasteiger partial charge >= 0.3 is 6.03 Å². The first-order valence-corrected chi connectivity index (χ1v) is 7.43. The van der Waals surface area contributed by atoms with Gasteiger partial charge in [0.1, 0.15) is 0 Å². The van der Waals surface area contributed by atoms with Gasteiger partial charge in [0.2, 0.25) is 0 Å². The summed E-state index contributed by atoms with van der Waals surface area (Å²) in [4.78, 5) is 16.5. The number of carbonyl (C=O) groups is 1. The van der Waals surface area contributed by atoms with Gasteiger partial charge in [-0.2, -0.15) is 0 Å². The largest absolute Gasteiger partial charge is 0.335 e. The highest BCUT2D eigenvalue weighted by Crippen LogP contribution is 2.18. The number of amides is 2. The number of piperazine rings is 1. The quantitative estimate of drug-likeness (QED) is 0.834. The van der Waals surface area contributed by atoms with Crippen molar-refractivity contribution in [1.29, 1.82) is 0 Å². The molecule has 0 aromatic rings. The zero-order valence-corrected chi connectivity index (χ0v) is 11.8. The summed E-state index contributed by atoms with van der Waals surface area (Å²) in [6.45, 7) is 9.46. The van der Waals surface area contributed by atoms with Crippen molar-refractivity contribution in [2.24, 2.45) is 5.92 Å². The predicted molar refractivity (Wildman–Crippen MR) is 73.6 cm³/mol. The molecule has 0 unspecified atom stereocenters. The molecule has 104 valence electrons. The first-order chi connectivity index (χ1) is 8.65. The zero-order chi connectivity index (χ0) is 13.0. The lowest BCUT2D eigenvalue weighted by Crippen LogP contribution is -2.53. The highest BCUT2D eigenvalue weighted by molar-refractivity contribution is 5.74. The van der Waals surface area contributed by atoms with Gasteiger partial charge in [0.15, 0.2) is 0 Å². The second kappa shape index (κ2) is 6.41. The molecule has 2 rings (SSSR count). The summed E-state index contributed by atoms with van der Waals surface area (Å²) < 4.78 is 0. The zero-order valence-electron chi connectivity index (χ0n) is 11.8. The Hall–Kier alpha value is -0.770. The summed E-state index contributed by atoms with van der Waals surface area (Å²) in [6, 6.07) is 0.595. The minimum Gasteiger partial charge on any atom is -0.335 e. The standard InChI is InChI=1S/C14H27N3O/c1-12(2)11-16-7-9-17(10-8-16)14(18)15-13-5-3-4-6-13/h12-13H,3-11H2,1-2H3,(H,15,18). The van der Waals surface area contributed by atoms with E-state index in [1.807, 2.05) is 4.90 Å². The van der Waals surface area contributed by atoms with Gasteiger partial charge in [-0.15, -0.1) is 0 Å². The molecule has 1 aliphatic carbocycles. The third kappa shape index (κ3) is 3.87. The lowest BCUT2D eigenvalue weighted by molar-refractivity contribution is 0.129. The Labute approximate surface area is 111 Å². The molecule has 4 heteroatoms. The van der Waals surface area contributed by atoms with Gasteiger partial charge in [-0.1, -0.05) is 26.7 Å². The highest BCUT2D eigenvalue weighted by atomic mass is 16.2. The van der Waals surface area contributed by atoms with E-state index in [1.54, 1.807) is 0 Å². The third-order valence-electron chi connectivity index (χ3n) is 3.97. The predicted octanol–water partition coefficient (Wildman–Crippen LogP) is 1.91. The average molecular weight is 253 g/mol. The van der Waals surface area contributed by atoms with Gasteiger partial charge in [-0.05, 0) is 18.8 Å². The van der Waals surface area contributed by atoms with Gasteiger partial charge in [0, 0.05) is 38.8 Å². The van der Waals surface area contributed by atoms with Crippen LogP contribution in [0.1, 0.15) is 39.5 Å². The van der Waals surface area contributed by atoms with Crippen LogP contribution < -0.4 is 5.32 Å². The van der Waals surface area contributed by atoms with E-state index in [0.717, 1.165) is 32.7 Å². The number of nitrogens with one attached hydrogen (secondary N) is 1. The molecule has 0 aromatic heterocycles. The van der Waals surface area contributed by atoms with Crippen LogP contribution in [-0.2, 0) is 0 Å². The van der Waals surface area contributed by atoms with Crippen LogP contribution in [0.5, 0.6) is 0 Å². The summed E-state index contributed by atoms with van der Waals surface area (Å²) >= 11 is 0. The van der Waals surface area contributed by atoms with E-state index in [2.05, 4.69) is 24.1 Å². The Bertz CT molecular complexity index is 266. The third-order valence-corrected chi connectivity index (χ3v) is 3.97. The van der Waals surface area contributed by atoms with Gasteiger partial charge in [0.25, 0.3) is 0 Å². The van der Waals surface area contributed by atoms with Crippen molar-refractivity contribution in [3.05, 3.63) is 0 Å². The van der Waals surface area contributed by atoms with Crippen molar-refractivity contribution in [3.63, 3.8) is 0 Å². The van der Waals surface area contributed by atoms with Crippen LogP contribution in [0.3, 0.4) is 0 Å². The Morgan fingerprint density at radius 3 is 2.33 bits per heavy atom. The van der Waals surface area contributed by atoms with E-state index in [9.17, 15) is 4.79 Å². The van der Waals surface area contributed by atoms with Gasteiger partial charge in [0.05, 0.1) is 0 Å². The molecule has 1 N–H and O–H groups in total. The number of hydrogen-bond donors (Lipinski definition) is 1. The fourth-order valence-electron chi connectivity index (χ4n) is 2.99. The molecule has 1 saturated carbocycles. The number of carbonyl (C=O) groups excluding carboxylic acids is 1. The summed E-state index contributed by atoms with van der Waals surface area (Å²) in [5.41, 5.74) is 0. The fourth-order valence-corrected chi connectivity index (χ4v) is 2.99. The number of nitrogens with zero attached hydrogens (tertiary/aromatic N) is 2. The minimum atomic E-state index is 0.158. The van der Waals surface area contributed by atoms with Crippen molar-refractivity contribution in [2.75, 3.05) is 32.7 Å². The lowest BCUT2D eigenvalue weighted by atomic mass is 10.2. The molecule has 0 atom stereocenters. The maximum absolute atomic E-state index is 12.1. The molecule has 1 heterocycles. The Kier molecular flexibility index (Phi) is 4.87. The van der Waals surface area contributed by atoms with E-state index < -0.39 is 0 Å². The maximum atomic E-state index is 12.1. The molecule has 2 aliphatic rings. The SMILES string of the molecule is CC(C)CN1CCN(C(=O)NC2CCCC2)CC1. The van der Waals surface area contributed by atoms with E-state index in [4.69, 9.17) is 0 Å². The normalized spacial score (nSPS) is 22.7. The molecular weight excluding hydrogens is 226 g/mol. The van der Waals surface area contributed by atoms with Crippen LogP contribution in [0.2, 0.25) is 0 Å². The number of hydrogen-bond acceptors (Lipinski definition) is 2. The highest BCUT2D eigenvalue weighted by Gasteiger charge is 2.24. The Morgan fingerprint density at radius 2 is 1.78 bits per heavy atom. The Morgan fingerprint density at radius 1 is 1.17 bits per heavy atom. The molecule has 2 amide bonds. The molecule has 4 nitrogen and oxygen atoms in total. The molecule has 1 aliphatic heterocycles. The monoisotopic (exact) mass is 253 g/mol. The van der Waals surface area contributed by atoms with Crippen molar-refractivity contribution >= 4 is 6.03 Å². The number of urea groups is 1. The van der Waals surface area contributed by atoms with Crippen molar-refractivity contribution < 1.29 is 4.79 Å². The van der Waals surface area contributed by atoms with Gasteiger partial charge in [-0.3, -0.25) is 4.90 Å². The van der Waals surface area contributed by atoms with Crippen LogP contribution in [0.25, 0.3) is 0 Å². The summed E-state index contributed by atoms with van der Waals surface area (Å²) in [5, 5.41) is 3.17. The second-order valence-electron chi connectivity index (χ2n) is 6.11. The molecule has 1 saturated heterocycles. The molecule has 2 fully saturated rings. The van der Waals surface area contributed by atoms with E-state index >= 15 is 0 Å². The second-order valence-corrected chi connectivity index (χ2v) is 6.11. The van der Waals surface area contributed by atoms with Crippen LogP contribution in [0.4, 0.5) is 4.79 Å². The van der Waals surface area contributed by atoms with Gasteiger partial charge in [-0.25, -0.2) is 4.79 Å². The van der Waals surface area contributed by atoms with Crippen LogP contribution in [0, 0.1) is 5.92 Å². The van der Waals surface area contributed by atoms with Crippen LogP contribution in [-0.4, -0.2) is 54.6 Å². The van der Waals surface area contributed by atoms with E-state index in [-0.39, 0.29) is 6.03 Å². The summed E-state index contributed by atoms with van der Waals surface area (Å²) in [5.74, 6) is 0.712. The fraction of sp³-hybridized carbons (Fsp3) is 0.929. The van der Waals surface area contributed by atoms with E-state index in [0.29, 0.717) is 12.0 Å². The molecule has 18 heavy (non-hydrogen) atoms. The summed E-state index contributed by atoms with van der Waals surface area (Å²) in [7, 11) is 0. The van der Waals surface area contributed by atoms with Crippen LogP contribution >= 0.6 is 0 Å². The van der Waals surface area contributed by atoms with Crippen molar-refractivity contribution in [1.82, 2.24) is 15.1 Å². The van der Waals surface area contributed by atoms with Crippen LogP contribution in [0.15, 0.2) is 0 Å². The maximum Gasteiger partial charge on any atom is 0.317 e. The van der Waals surface area contributed by atoms with Crippen molar-refractivity contribution in [2.45, 2.75) is 45.6 Å². The smallest absolute Gasteiger partial charge is 0.317 e. The van der Waals surface area contributed by atoms with Crippen molar-refractivity contribution in [3.8, 4) is 0 Å². The average Bonchev–Trinajstić information content (AvgIpc) is 2.82. The lowest BCUT2D eigenvalue weighted by Gasteiger charge is -2.36. The Balaban J connectivity index is 1.70. The molecule has 0 aromatic carbocycles. The van der Waals surface area contributed by atoms with E-state index in [1.165, 1.54) is 25.7 Å². The van der Waals surface area contributed by atoms with Gasteiger partial charge < -0.3 is 10.2 Å². The minimum absolute atomic E-state index is 0.158. The molecule has 0 spiro atoms. The first kappa shape index (κ1) is 13.7. The summed E-state index contributed by atoms with van der Waals surface area (Å²) in [6.07, 6.45) is 4.87. The molecule has 0 radical (unpaired) electrons. The molecule has 0 bridgehead atoms. The number of rotatable bonds is 3.